The topological polar surface area (TPSA) is 74.4 Å². The molecule has 0 aliphatic rings. The summed E-state index contributed by atoms with van der Waals surface area (Å²) in [5.74, 6) is 0.856. The van der Waals surface area contributed by atoms with E-state index in [4.69, 9.17) is 15.2 Å². The van der Waals surface area contributed by atoms with Gasteiger partial charge >= 0.3 is 0 Å². The zero-order valence-corrected chi connectivity index (χ0v) is 10.3. The van der Waals surface area contributed by atoms with Crippen LogP contribution in [0, 0.1) is 0 Å². The van der Waals surface area contributed by atoms with E-state index in [9.17, 15) is 4.79 Å². The molecule has 0 aliphatic carbocycles. The first-order valence-electron chi connectivity index (χ1n) is 5.44. The number of amides is 1. The Hall–Kier alpha value is -2.30. The van der Waals surface area contributed by atoms with Gasteiger partial charge in [0.2, 0.25) is 5.91 Å². The Morgan fingerprint density at radius 1 is 1.22 bits per heavy atom. The third kappa shape index (κ3) is 2.07. The van der Waals surface area contributed by atoms with E-state index in [0.29, 0.717) is 17.2 Å². The van der Waals surface area contributed by atoms with Crippen LogP contribution in [-0.2, 0) is 11.2 Å². The Kier molecular flexibility index (Phi) is 3.32. The van der Waals surface area contributed by atoms with Gasteiger partial charge in [0.05, 0.1) is 26.3 Å². The van der Waals surface area contributed by atoms with Gasteiger partial charge in [0, 0.05) is 17.0 Å². The predicted octanol–water partition coefficient (Wildman–Crippen LogP) is 1.28. The smallest absolute Gasteiger partial charge is 0.223 e. The highest BCUT2D eigenvalue weighted by molar-refractivity contribution is 5.94. The summed E-state index contributed by atoms with van der Waals surface area (Å²) in [5, 5.41) is 1.69. The number of benzene rings is 1. The number of carbonyl (C=O) groups is 1. The monoisotopic (exact) mass is 246 g/mol. The molecule has 0 bridgehead atoms. The molecule has 5 heteroatoms. The summed E-state index contributed by atoms with van der Waals surface area (Å²) in [6, 6.07) is 5.45. The van der Waals surface area contributed by atoms with Crippen molar-refractivity contribution in [2.45, 2.75) is 6.42 Å². The number of rotatable bonds is 4. The molecule has 0 atom stereocenters. The third-order valence-electron chi connectivity index (χ3n) is 2.71. The maximum absolute atomic E-state index is 11.0. The van der Waals surface area contributed by atoms with Crippen LogP contribution in [0.1, 0.15) is 5.69 Å². The van der Waals surface area contributed by atoms with Gasteiger partial charge in [-0.1, -0.05) is 0 Å². The first-order chi connectivity index (χ1) is 8.67. The van der Waals surface area contributed by atoms with Crippen molar-refractivity contribution in [3.8, 4) is 11.5 Å². The van der Waals surface area contributed by atoms with Crippen LogP contribution in [0.3, 0.4) is 0 Å². The van der Waals surface area contributed by atoms with Gasteiger partial charge in [0.15, 0.2) is 11.5 Å². The first kappa shape index (κ1) is 12.2. The number of methoxy groups -OCH3 is 2. The predicted molar refractivity (Wildman–Crippen MR) is 67.7 cm³/mol. The summed E-state index contributed by atoms with van der Waals surface area (Å²) < 4.78 is 10.6. The molecule has 0 aliphatic heterocycles. The molecule has 0 saturated heterocycles. The quantitative estimate of drug-likeness (QED) is 0.881. The van der Waals surface area contributed by atoms with E-state index < -0.39 is 5.91 Å². The van der Waals surface area contributed by atoms with E-state index in [1.165, 1.54) is 0 Å². The molecular formula is C13H14N2O3. The van der Waals surface area contributed by atoms with E-state index in [-0.39, 0.29) is 6.42 Å². The molecule has 0 radical (unpaired) electrons. The highest BCUT2D eigenvalue weighted by atomic mass is 16.5. The van der Waals surface area contributed by atoms with Gasteiger partial charge in [-0.15, -0.1) is 0 Å². The summed E-state index contributed by atoms with van der Waals surface area (Å²) in [6.07, 6.45) is 1.73. The zero-order valence-electron chi connectivity index (χ0n) is 10.3. The van der Waals surface area contributed by atoms with Gasteiger partial charge in [-0.2, -0.15) is 0 Å². The highest BCUT2D eigenvalue weighted by Gasteiger charge is 2.12. The molecule has 2 N–H and O–H groups in total. The van der Waals surface area contributed by atoms with Crippen molar-refractivity contribution in [1.82, 2.24) is 4.98 Å². The maximum Gasteiger partial charge on any atom is 0.223 e. The van der Waals surface area contributed by atoms with Crippen LogP contribution in [0.5, 0.6) is 11.5 Å². The minimum Gasteiger partial charge on any atom is -0.493 e. The van der Waals surface area contributed by atoms with Crippen LogP contribution in [0.25, 0.3) is 10.8 Å². The van der Waals surface area contributed by atoms with E-state index in [2.05, 4.69) is 4.98 Å². The summed E-state index contributed by atoms with van der Waals surface area (Å²) in [4.78, 5) is 15.2. The second-order valence-electron chi connectivity index (χ2n) is 3.80. The lowest BCUT2D eigenvalue weighted by molar-refractivity contribution is -0.117. The molecule has 1 heterocycles. The largest absolute Gasteiger partial charge is 0.493 e. The Morgan fingerprint density at radius 2 is 2.00 bits per heavy atom. The molecule has 1 aromatic carbocycles. The molecule has 0 spiro atoms. The van der Waals surface area contributed by atoms with Gasteiger partial charge in [-0.3, -0.25) is 9.78 Å². The summed E-state index contributed by atoms with van der Waals surface area (Å²) in [6.45, 7) is 0. The minimum absolute atomic E-state index is 0.104. The van der Waals surface area contributed by atoms with Crippen LogP contribution >= 0.6 is 0 Å². The Bertz CT molecular complexity index is 596. The fraction of sp³-hybridized carbons (Fsp3) is 0.231. The fourth-order valence-corrected chi connectivity index (χ4v) is 1.95. The number of pyridine rings is 1. The molecule has 2 rings (SSSR count). The molecular weight excluding hydrogens is 232 g/mol. The average molecular weight is 246 g/mol. The Labute approximate surface area is 105 Å². The fourth-order valence-electron chi connectivity index (χ4n) is 1.95. The van der Waals surface area contributed by atoms with E-state index in [1.807, 2.05) is 12.1 Å². The molecule has 0 unspecified atom stereocenters. The molecule has 5 nitrogen and oxygen atoms in total. The van der Waals surface area contributed by atoms with Gasteiger partial charge in [-0.25, -0.2) is 0 Å². The lowest BCUT2D eigenvalue weighted by atomic mass is 10.1. The van der Waals surface area contributed by atoms with Crippen molar-refractivity contribution in [1.29, 1.82) is 0 Å². The summed E-state index contributed by atoms with van der Waals surface area (Å²) >= 11 is 0. The minimum atomic E-state index is -0.412. The van der Waals surface area contributed by atoms with Crippen LogP contribution in [0.15, 0.2) is 24.4 Å². The number of aromatic nitrogens is 1. The number of nitrogens with two attached hydrogens (primary N) is 1. The van der Waals surface area contributed by atoms with Crippen LogP contribution in [-0.4, -0.2) is 25.1 Å². The molecule has 0 saturated carbocycles. The number of hydrogen-bond acceptors (Lipinski definition) is 4. The van der Waals surface area contributed by atoms with Crippen molar-refractivity contribution >= 4 is 16.7 Å². The molecule has 1 aromatic heterocycles. The molecule has 94 valence electrons. The maximum atomic E-state index is 11.0. The second-order valence-corrected chi connectivity index (χ2v) is 3.80. The van der Waals surface area contributed by atoms with E-state index in [0.717, 1.165) is 10.8 Å². The van der Waals surface area contributed by atoms with Crippen molar-refractivity contribution in [2.75, 3.05) is 14.2 Å². The van der Waals surface area contributed by atoms with Gasteiger partial charge in [-0.05, 0) is 18.2 Å². The average Bonchev–Trinajstić information content (AvgIpc) is 2.37. The number of hydrogen-bond donors (Lipinski definition) is 1. The standard InChI is InChI=1S/C13H14N2O3/c1-17-11-4-3-8-9(13(11)18-2)5-6-15-10(8)7-12(14)16/h3-6H,7H2,1-2H3,(H2,14,16). The lowest BCUT2D eigenvalue weighted by Crippen LogP contribution is -2.14. The van der Waals surface area contributed by atoms with Crippen LogP contribution < -0.4 is 15.2 Å². The van der Waals surface area contributed by atoms with Crippen LogP contribution in [0.2, 0.25) is 0 Å². The second kappa shape index (κ2) is 4.91. The number of ether oxygens (including phenoxy) is 2. The molecule has 1 amide bonds. The SMILES string of the molecule is COc1ccc2c(CC(N)=O)nccc2c1OC. The van der Waals surface area contributed by atoms with E-state index in [1.54, 1.807) is 26.5 Å². The van der Waals surface area contributed by atoms with Crippen molar-refractivity contribution in [2.24, 2.45) is 5.73 Å². The lowest BCUT2D eigenvalue weighted by Gasteiger charge is -2.12. The number of primary amides is 1. The number of nitrogens with zero attached hydrogens (tertiary/aromatic N) is 1. The van der Waals surface area contributed by atoms with Crippen molar-refractivity contribution < 1.29 is 14.3 Å². The summed E-state index contributed by atoms with van der Waals surface area (Å²) in [5.41, 5.74) is 5.85. The van der Waals surface area contributed by atoms with Crippen molar-refractivity contribution in [3.63, 3.8) is 0 Å². The molecule has 2 aromatic rings. The zero-order chi connectivity index (χ0) is 13.1. The highest BCUT2D eigenvalue weighted by Crippen LogP contribution is 2.35. The third-order valence-corrected chi connectivity index (χ3v) is 2.71. The van der Waals surface area contributed by atoms with E-state index >= 15 is 0 Å². The first-order valence-corrected chi connectivity index (χ1v) is 5.44. The van der Waals surface area contributed by atoms with Crippen LogP contribution in [0.4, 0.5) is 0 Å². The van der Waals surface area contributed by atoms with Gasteiger partial charge in [0.25, 0.3) is 0 Å². The molecule has 18 heavy (non-hydrogen) atoms. The number of fused-ring (bicyclic) bond motifs is 1. The van der Waals surface area contributed by atoms with Gasteiger partial charge in [0.1, 0.15) is 0 Å². The normalized spacial score (nSPS) is 10.3. The molecule has 0 fully saturated rings. The number of carbonyl (C=O) groups excluding carboxylic acids is 1. The van der Waals surface area contributed by atoms with Crippen molar-refractivity contribution in [3.05, 3.63) is 30.1 Å². The summed E-state index contributed by atoms with van der Waals surface area (Å²) in [7, 11) is 3.15. The Morgan fingerprint density at radius 3 is 2.61 bits per heavy atom. The van der Waals surface area contributed by atoms with Gasteiger partial charge < -0.3 is 15.2 Å². The Balaban J connectivity index is 2.68.